The van der Waals surface area contributed by atoms with Crippen LogP contribution in [0.5, 0.6) is 0 Å². The van der Waals surface area contributed by atoms with Crippen molar-refractivity contribution in [3.05, 3.63) is 0 Å². The van der Waals surface area contributed by atoms with Crippen LogP contribution in [0.2, 0.25) is 0 Å². The molecule has 1 heterocycles. The first kappa shape index (κ1) is 12.1. The first-order valence-electron chi connectivity index (χ1n) is 6.62. The second-order valence-corrected chi connectivity index (χ2v) is 5.31. The summed E-state index contributed by atoms with van der Waals surface area (Å²) in [6, 6.07) is 0.635. The maximum atomic E-state index is 12.1. The fourth-order valence-corrected chi connectivity index (χ4v) is 2.84. The van der Waals surface area contributed by atoms with Crippen LogP contribution in [0.4, 0.5) is 0 Å². The van der Waals surface area contributed by atoms with Gasteiger partial charge in [-0.3, -0.25) is 4.79 Å². The first-order chi connectivity index (χ1) is 7.75. The SMILES string of the molecule is CC1COCC(CC(=O)C2CCCCC2)N1. The maximum Gasteiger partial charge on any atom is 0.137 e. The largest absolute Gasteiger partial charge is 0.378 e. The van der Waals surface area contributed by atoms with Crippen LogP contribution in [0.15, 0.2) is 0 Å². The third-order valence-electron chi connectivity index (χ3n) is 3.72. The van der Waals surface area contributed by atoms with Crippen molar-refractivity contribution in [2.24, 2.45) is 5.92 Å². The molecule has 3 nitrogen and oxygen atoms in total. The number of morpholine rings is 1. The lowest BCUT2D eigenvalue weighted by Crippen LogP contribution is -2.48. The Morgan fingerprint density at radius 2 is 2.00 bits per heavy atom. The minimum atomic E-state index is 0.248. The van der Waals surface area contributed by atoms with Gasteiger partial charge in [0, 0.05) is 24.4 Å². The summed E-state index contributed by atoms with van der Waals surface area (Å²) in [5.41, 5.74) is 0. The highest BCUT2D eigenvalue weighted by Crippen LogP contribution is 2.25. The summed E-state index contributed by atoms with van der Waals surface area (Å²) in [6.45, 7) is 3.58. The Kier molecular flexibility index (Phi) is 4.36. The summed E-state index contributed by atoms with van der Waals surface area (Å²) < 4.78 is 5.47. The lowest BCUT2D eigenvalue weighted by Gasteiger charge is -2.30. The molecule has 0 aromatic carbocycles. The molecule has 92 valence electrons. The number of hydrogen-bond acceptors (Lipinski definition) is 3. The molecule has 0 aromatic rings. The highest BCUT2D eigenvalue weighted by atomic mass is 16.5. The van der Waals surface area contributed by atoms with E-state index in [1.54, 1.807) is 0 Å². The molecule has 16 heavy (non-hydrogen) atoms. The Hall–Kier alpha value is -0.410. The number of rotatable bonds is 3. The van der Waals surface area contributed by atoms with Crippen LogP contribution >= 0.6 is 0 Å². The predicted molar refractivity (Wildman–Crippen MR) is 63.4 cm³/mol. The third kappa shape index (κ3) is 3.29. The Labute approximate surface area is 97.9 Å². The van der Waals surface area contributed by atoms with Crippen molar-refractivity contribution in [1.29, 1.82) is 0 Å². The molecule has 1 aliphatic heterocycles. The van der Waals surface area contributed by atoms with E-state index in [0.29, 0.717) is 30.8 Å². The predicted octanol–water partition coefficient (Wildman–Crippen LogP) is 1.90. The van der Waals surface area contributed by atoms with Gasteiger partial charge in [-0.05, 0) is 19.8 Å². The quantitative estimate of drug-likeness (QED) is 0.797. The van der Waals surface area contributed by atoms with Crippen molar-refractivity contribution in [3.8, 4) is 0 Å². The lowest BCUT2D eigenvalue weighted by molar-refractivity contribution is -0.125. The Morgan fingerprint density at radius 3 is 2.69 bits per heavy atom. The van der Waals surface area contributed by atoms with E-state index in [-0.39, 0.29) is 6.04 Å². The summed E-state index contributed by atoms with van der Waals surface area (Å²) in [6.07, 6.45) is 6.67. The molecule has 1 saturated heterocycles. The molecular formula is C13H23NO2. The van der Waals surface area contributed by atoms with E-state index in [2.05, 4.69) is 12.2 Å². The summed E-state index contributed by atoms with van der Waals surface area (Å²) in [4.78, 5) is 12.1. The van der Waals surface area contributed by atoms with Gasteiger partial charge in [-0.1, -0.05) is 19.3 Å². The molecule has 1 aliphatic carbocycles. The van der Waals surface area contributed by atoms with Crippen molar-refractivity contribution in [3.63, 3.8) is 0 Å². The molecule has 2 unspecified atom stereocenters. The zero-order valence-electron chi connectivity index (χ0n) is 10.2. The maximum absolute atomic E-state index is 12.1. The van der Waals surface area contributed by atoms with Gasteiger partial charge >= 0.3 is 0 Å². The molecule has 0 aromatic heterocycles. The van der Waals surface area contributed by atoms with Crippen LogP contribution in [0.25, 0.3) is 0 Å². The van der Waals surface area contributed by atoms with Crippen molar-refractivity contribution in [2.75, 3.05) is 13.2 Å². The molecule has 2 fully saturated rings. The van der Waals surface area contributed by atoms with Crippen LogP contribution in [-0.4, -0.2) is 31.1 Å². The Bertz CT molecular complexity index is 236. The van der Waals surface area contributed by atoms with E-state index in [4.69, 9.17) is 4.74 Å². The van der Waals surface area contributed by atoms with Gasteiger partial charge < -0.3 is 10.1 Å². The molecule has 3 heteroatoms. The number of ether oxygens (including phenoxy) is 1. The second-order valence-electron chi connectivity index (χ2n) is 5.31. The monoisotopic (exact) mass is 225 g/mol. The zero-order chi connectivity index (χ0) is 11.4. The second kappa shape index (κ2) is 5.78. The van der Waals surface area contributed by atoms with Crippen molar-refractivity contribution >= 4 is 5.78 Å². The lowest BCUT2D eigenvalue weighted by atomic mass is 9.84. The summed E-state index contributed by atoms with van der Waals surface area (Å²) in [7, 11) is 0. The van der Waals surface area contributed by atoms with Crippen LogP contribution < -0.4 is 5.32 Å². The standard InChI is InChI=1S/C13H23NO2/c1-10-8-16-9-12(14-10)7-13(15)11-5-3-2-4-6-11/h10-12,14H,2-9H2,1H3. The zero-order valence-corrected chi connectivity index (χ0v) is 10.2. The van der Waals surface area contributed by atoms with Gasteiger partial charge in [-0.15, -0.1) is 0 Å². The van der Waals surface area contributed by atoms with Gasteiger partial charge in [0.2, 0.25) is 0 Å². The van der Waals surface area contributed by atoms with Crippen LogP contribution in [0, 0.1) is 5.92 Å². The molecule has 2 rings (SSSR count). The highest BCUT2D eigenvalue weighted by Gasteiger charge is 2.26. The molecule has 0 radical (unpaired) electrons. The Morgan fingerprint density at radius 1 is 1.25 bits per heavy atom. The fraction of sp³-hybridized carbons (Fsp3) is 0.923. The molecule has 2 aliphatic rings. The number of carbonyl (C=O) groups excluding carboxylic acids is 1. The van der Waals surface area contributed by atoms with Crippen LogP contribution in [0.3, 0.4) is 0 Å². The third-order valence-corrected chi connectivity index (χ3v) is 3.72. The minimum Gasteiger partial charge on any atom is -0.378 e. The molecule has 2 atom stereocenters. The number of hydrogen-bond donors (Lipinski definition) is 1. The van der Waals surface area contributed by atoms with Gasteiger partial charge in [0.15, 0.2) is 0 Å². The Balaban J connectivity index is 1.77. The van der Waals surface area contributed by atoms with Crippen molar-refractivity contribution < 1.29 is 9.53 Å². The van der Waals surface area contributed by atoms with Crippen LogP contribution in [0.1, 0.15) is 45.4 Å². The van der Waals surface area contributed by atoms with Gasteiger partial charge in [-0.2, -0.15) is 0 Å². The summed E-state index contributed by atoms with van der Waals surface area (Å²) in [5.74, 6) is 0.794. The van der Waals surface area contributed by atoms with Crippen molar-refractivity contribution in [2.45, 2.75) is 57.5 Å². The topological polar surface area (TPSA) is 38.3 Å². The molecular weight excluding hydrogens is 202 g/mol. The molecule has 0 amide bonds. The normalized spacial score (nSPS) is 32.6. The number of Topliss-reactive ketones (excluding diaryl/α,β-unsaturated/α-hetero) is 1. The van der Waals surface area contributed by atoms with Gasteiger partial charge in [0.1, 0.15) is 5.78 Å². The average Bonchev–Trinajstić information content (AvgIpc) is 2.30. The average molecular weight is 225 g/mol. The van der Waals surface area contributed by atoms with Gasteiger partial charge in [0.25, 0.3) is 0 Å². The minimum absolute atomic E-state index is 0.248. The van der Waals surface area contributed by atoms with E-state index in [9.17, 15) is 4.79 Å². The highest BCUT2D eigenvalue weighted by molar-refractivity contribution is 5.81. The van der Waals surface area contributed by atoms with E-state index in [1.807, 2.05) is 0 Å². The fourth-order valence-electron chi connectivity index (χ4n) is 2.84. The summed E-state index contributed by atoms with van der Waals surface area (Å²) in [5, 5.41) is 3.44. The van der Waals surface area contributed by atoms with E-state index in [0.717, 1.165) is 19.4 Å². The first-order valence-corrected chi connectivity index (χ1v) is 6.62. The molecule has 1 saturated carbocycles. The molecule has 0 bridgehead atoms. The molecule has 1 N–H and O–H groups in total. The smallest absolute Gasteiger partial charge is 0.137 e. The number of nitrogens with one attached hydrogen (secondary N) is 1. The van der Waals surface area contributed by atoms with E-state index in [1.165, 1.54) is 19.3 Å². The van der Waals surface area contributed by atoms with E-state index >= 15 is 0 Å². The van der Waals surface area contributed by atoms with E-state index < -0.39 is 0 Å². The molecule has 0 spiro atoms. The van der Waals surface area contributed by atoms with Gasteiger partial charge in [0.05, 0.1) is 13.2 Å². The number of carbonyl (C=O) groups is 1. The van der Waals surface area contributed by atoms with Gasteiger partial charge in [-0.25, -0.2) is 0 Å². The number of ketones is 1. The van der Waals surface area contributed by atoms with Crippen molar-refractivity contribution in [1.82, 2.24) is 5.32 Å². The van der Waals surface area contributed by atoms with Crippen LogP contribution in [-0.2, 0) is 9.53 Å². The summed E-state index contributed by atoms with van der Waals surface area (Å²) >= 11 is 0.